The van der Waals surface area contributed by atoms with Crippen molar-refractivity contribution in [2.45, 2.75) is 52.6 Å². The highest BCUT2D eigenvalue weighted by Crippen LogP contribution is 2.34. The molecule has 2 saturated heterocycles. The summed E-state index contributed by atoms with van der Waals surface area (Å²) < 4.78 is 0. The highest BCUT2D eigenvalue weighted by molar-refractivity contribution is 6.14. The topological polar surface area (TPSA) is 107 Å². The Morgan fingerprint density at radius 3 is 2.32 bits per heavy atom. The van der Waals surface area contributed by atoms with Gasteiger partial charge in [-0.2, -0.15) is 0 Å². The second kappa shape index (κ2) is 10.3. The highest BCUT2D eigenvalue weighted by atomic mass is 16.2. The number of aromatic nitrogens is 1. The molecule has 9 heteroatoms. The van der Waals surface area contributed by atoms with Crippen molar-refractivity contribution in [3.63, 3.8) is 0 Å². The summed E-state index contributed by atoms with van der Waals surface area (Å²) in [6.45, 7) is 6.99. The van der Waals surface area contributed by atoms with E-state index < -0.39 is 18.1 Å². The fourth-order valence-corrected chi connectivity index (χ4v) is 5.76. The zero-order valence-electron chi connectivity index (χ0n) is 21.7. The Hall–Kier alpha value is -3.75. The van der Waals surface area contributed by atoms with Gasteiger partial charge < -0.3 is 10.2 Å². The normalized spacial score (nSPS) is 23.1. The van der Waals surface area contributed by atoms with Crippen LogP contribution in [0.25, 0.3) is 0 Å². The Morgan fingerprint density at radius 2 is 1.65 bits per heavy atom. The Bertz CT molecular complexity index is 1240. The summed E-state index contributed by atoms with van der Waals surface area (Å²) >= 11 is 0. The van der Waals surface area contributed by atoms with E-state index in [4.69, 9.17) is 0 Å². The van der Waals surface area contributed by atoms with Gasteiger partial charge in [0, 0.05) is 30.1 Å². The third kappa shape index (κ3) is 5.35. The lowest BCUT2D eigenvalue weighted by Crippen LogP contribution is -2.52. The van der Waals surface area contributed by atoms with Gasteiger partial charge in [0.25, 0.3) is 5.91 Å². The number of pyridine rings is 1. The van der Waals surface area contributed by atoms with Crippen LogP contribution in [-0.2, 0) is 9.59 Å². The van der Waals surface area contributed by atoms with E-state index in [1.165, 1.54) is 30.6 Å². The second-order valence-corrected chi connectivity index (χ2v) is 10.5. The first-order valence-electron chi connectivity index (χ1n) is 13.0. The molecule has 1 saturated carbocycles. The molecule has 1 aromatic carbocycles. The van der Waals surface area contributed by atoms with Gasteiger partial charge in [-0.15, -0.1) is 0 Å². The lowest BCUT2D eigenvalue weighted by atomic mass is 9.84. The molecule has 3 aliphatic heterocycles. The number of anilines is 2. The van der Waals surface area contributed by atoms with Crippen LogP contribution in [0.3, 0.4) is 0 Å². The van der Waals surface area contributed by atoms with Crippen LogP contribution in [0.5, 0.6) is 0 Å². The van der Waals surface area contributed by atoms with Crippen LogP contribution < -0.4 is 15.5 Å². The monoisotopic (exact) mass is 502 g/mol. The summed E-state index contributed by atoms with van der Waals surface area (Å²) in [5, 5.41) is 5.36. The number of hydrogen-bond donors (Lipinski definition) is 2. The van der Waals surface area contributed by atoms with Crippen molar-refractivity contribution in [1.29, 1.82) is 0 Å². The molecular formula is C28H34N6O3. The van der Waals surface area contributed by atoms with Crippen molar-refractivity contribution in [1.82, 2.24) is 15.2 Å². The molecule has 4 amide bonds. The second-order valence-electron chi connectivity index (χ2n) is 10.5. The number of para-hydroxylation sites is 1. The molecule has 1 atom stereocenters. The number of fused-ring (bicyclic) bond motifs is 5. The molecular weight excluding hydrogens is 468 g/mol. The van der Waals surface area contributed by atoms with Gasteiger partial charge in [0.1, 0.15) is 12.4 Å². The Labute approximate surface area is 217 Å². The smallest absolute Gasteiger partial charge is 0.322 e. The maximum Gasteiger partial charge on any atom is 0.322 e. The van der Waals surface area contributed by atoms with E-state index in [-0.39, 0.29) is 12.5 Å². The number of rotatable bonds is 4. The van der Waals surface area contributed by atoms with Gasteiger partial charge in [0.05, 0.1) is 5.69 Å². The minimum absolute atomic E-state index is 0.0620. The minimum Gasteiger partial charge on any atom is -0.341 e. The molecule has 194 valence electrons. The Balaban J connectivity index is 1.40. The van der Waals surface area contributed by atoms with Gasteiger partial charge in [0.15, 0.2) is 0 Å². The van der Waals surface area contributed by atoms with Gasteiger partial charge in [-0.1, -0.05) is 24.3 Å². The molecule has 2 bridgehead atoms. The summed E-state index contributed by atoms with van der Waals surface area (Å²) in [5.41, 5.74) is 3.70. The molecule has 1 aliphatic carbocycles. The van der Waals surface area contributed by atoms with Gasteiger partial charge in [-0.3, -0.25) is 24.8 Å². The number of benzodiazepines with no additional fused rings is 1. The molecule has 6 rings (SSSR count). The molecule has 2 aromatic rings. The number of nitrogens with one attached hydrogen (secondary N) is 2. The maximum absolute atomic E-state index is 13.9. The van der Waals surface area contributed by atoms with Gasteiger partial charge in [-0.05, 0) is 76.0 Å². The van der Waals surface area contributed by atoms with Crippen molar-refractivity contribution in [3.05, 3.63) is 53.2 Å². The number of benzene rings is 1. The van der Waals surface area contributed by atoms with E-state index in [9.17, 15) is 14.4 Å². The molecule has 0 radical (unpaired) electrons. The number of carbonyl (C=O) groups excluding carboxylic acids is 3. The van der Waals surface area contributed by atoms with Crippen LogP contribution in [0.2, 0.25) is 0 Å². The third-order valence-corrected chi connectivity index (χ3v) is 7.69. The first kappa shape index (κ1) is 24.9. The summed E-state index contributed by atoms with van der Waals surface area (Å²) in [6.07, 6.45) is 3.50. The first-order chi connectivity index (χ1) is 17.8. The average molecular weight is 503 g/mol. The Morgan fingerprint density at radius 1 is 0.973 bits per heavy atom. The molecule has 1 aromatic heterocycles. The predicted octanol–water partition coefficient (Wildman–Crippen LogP) is 3.65. The van der Waals surface area contributed by atoms with Gasteiger partial charge in [0.2, 0.25) is 12.1 Å². The number of aliphatic imine (C=N–C) groups is 1. The third-order valence-electron chi connectivity index (χ3n) is 7.69. The lowest BCUT2D eigenvalue weighted by Gasteiger charge is -2.30. The number of hydrogen-bond acceptors (Lipinski definition) is 5. The molecule has 2 N–H and O–H groups in total. The van der Waals surface area contributed by atoms with E-state index in [1.807, 2.05) is 49.9 Å². The Kier molecular flexibility index (Phi) is 6.95. The SMILES string of the molecule is CC1=NC(NC(=O)Nc2cccc(C)n2)C(=O)N(CC(=O)N2CC3CCC(CC3)C2)c2c(C)cccc21. The molecule has 3 fully saturated rings. The molecule has 37 heavy (non-hydrogen) atoms. The minimum atomic E-state index is -1.18. The summed E-state index contributed by atoms with van der Waals surface area (Å²) in [5.74, 6) is 0.950. The number of amides is 4. The maximum atomic E-state index is 13.9. The zero-order chi connectivity index (χ0) is 26.1. The van der Waals surface area contributed by atoms with Crippen molar-refractivity contribution in [2.24, 2.45) is 16.8 Å². The van der Waals surface area contributed by atoms with Crippen LogP contribution in [0.15, 0.2) is 41.4 Å². The van der Waals surface area contributed by atoms with Crippen molar-refractivity contribution in [2.75, 3.05) is 29.9 Å². The fourth-order valence-electron chi connectivity index (χ4n) is 5.76. The van der Waals surface area contributed by atoms with Crippen LogP contribution >= 0.6 is 0 Å². The largest absolute Gasteiger partial charge is 0.341 e. The fraction of sp³-hybridized carbons (Fsp3) is 0.464. The number of aryl methyl sites for hydroxylation is 2. The molecule has 0 spiro atoms. The summed E-state index contributed by atoms with van der Waals surface area (Å²) in [6, 6.07) is 10.4. The summed E-state index contributed by atoms with van der Waals surface area (Å²) in [4.78, 5) is 52.6. The van der Waals surface area contributed by atoms with Gasteiger partial charge in [-0.25, -0.2) is 9.78 Å². The van der Waals surface area contributed by atoms with Crippen LogP contribution in [-0.4, -0.2) is 59.2 Å². The standard InChI is InChI=1S/C28H34N6O3/c1-17-6-4-8-22-19(3)30-26(32-28(37)31-23-9-5-7-18(2)29-23)27(36)34(25(17)22)16-24(35)33-14-20-10-11-21(15-33)13-12-20/h4-9,20-21,26H,10-16H2,1-3H3,(H2,29,31,32,37). The molecule has 4 aliphatic rings. The lowest BCUT2D eigenvalue weighted by molar-refractivity contribution is -0.132. The van der Waals surface area contributed by atoms with E-state index >= 15 is 0 Å². The van der Waals surface area contributed by atoms with Crippen molar-refractivity contribution in [3.8, 4) is 0 Å². The van der Waals surface area contributed by atoms with E-state index in [1.54, 1.807) is 12.1 Å². The zero-order valence-corrected chi connectivity index (χ0v) is 21.7. The summed E-state index contributed by atoms with van der Waals surface area (Å²) in [7, 11) is 0. The van der Waals surface area contributed by atoms with Crippen molar-refractivity contribution >= 4 is 35.1 Å². The number of urea groups is 1. The number of nitrogens with zero attached hydrogens (tertiary/aromatic N) is 4. The van der Waals surface area contributed by atoms with E-state index in [2.05, 4.69) is 20.6 Å². The van der Waals surface area contributed by atoms with Crippen LogP contribution in [0, 0.1) is 25.7 Å². The average Bonchev–Trinajstić information content (AvgIpc) is 3.24. The highest BCUT2D eigenvalue weighted by Gasteiger charge is 2.37. The van der Waals surface area contributed by atoms with E-state index in [0.29, 0.717) is 29.1 Å². The predicted molar refractivity (Wildman–Crippen MR) is 143 cm³/mol. The van der Waals surface area contributed by atoms with Crippen molar-refractivity contribution < 1.29 is 14.4 Å². The molecule has 4 heterocycles. The number of carbonyl (C=O) groups is 3. The quantitative estimate of drug-likeness (QED) is 0.665. The molecule has 1 unspecified atom stereocenters. The molecule has 9 nitrogen and oxygen atoms in total. The van der Waals surface area contributed by atoms with Gasteiger partial charge >= 0.3 is 6.03 Å². The van der Waals surface area contributed by atoms with E-state index in [0.717, 1.165) is 29.9 Å². The first-order valence-corrected chi connectivity index (χ1v) is 13.0. The van der Waals surface area contributed by atoms with Crippen LogP contribution in [0.1, 0.15) is 49.4 Å². The van der Waals surface area contributed by atoms with Crippen LogP contribution in [0.4, 0.5) is 16.3 Å².